The first-order valence-corrected chi connectivity index (χ1v) is 9.07. The number of hydrogen-bond donors (Lipinski definition) is 2. The van der Waals surface area contributed by atoms with Crippen molar-refractivity contribution in [2.24, 2.45) is 0 Å². The van der Waals surface area contributed by atoms with Crippen molar-refractivity contribution >= 4 is 22.5 Å². The Morgan fingerprint density at radius 3 is 2.96 bits per heavy atom. The number of H-pyrrole nitrogens is 1. The molecule has 0 fully saturated rings. The maximum Gasteiger partial charge on any atom is 0.250 e. The van der Waals surface area contributed by atoms with E-state index in [1.807, 2.05) is 19.1 Å². The van der Waals surface area contributed by atoms with Crippen LogP contribution in [-0.4, -0.2) is 24.7 Å². The van der Waals surface area contributed by atoms with Gasteiger partial charge in [0.15, 0.2) is 0 Å². The fourth-order valence-corrected chi connectivity index (χ4v) is 3.88. The molecular formula is C20H23N4O+. The lowest BCUT2D eigenvalue weighted by atomic mass is 10.1. The van der Waals surface area contributed by atoms with E-state index in [-0.39, 0.29) is 0 Å². The molecule has 2 aromatic heterocycles. The minimum absolute atomic E-state index is 0.758. The summed E-state index contributed by atoms with van der Waals surface area (Å²) in [5.74, 6) is 1.13. The lowest BCUT2D eigenvalue weighted by molar-refractivity contribution is -0.465. The zero-order valence-corrected chi connectivity index (χ0v) is 14.6. The molecule has 0 aliphatic heterocycles. The predicted molar refractivity (Wildman–Crippen MR) is 97.8 cm³/mol. The zero-order chi connectivity index (χ0) is 17.2. The topological polar surface area (TPSA) is 64.9 Å². The maximum atomic E-state index is 9.77. The number of benzene rings is 1. The van der Waals surface area contributed by atoms with Crippen molar-refractivity contribution in [2.75, 3.05) is 25.1 Å². The summed E-state index contributed by atoms with van der Waals surface area (Å²) in [4.78, 5) is 3.45. The molecular weight excluding hydrogens is 312 g/mol. The van der Waals surface area contributed by atoms with Gasteiger partial charge in [-0.2, -0.15) is 9.66 Å². The third kappa shape index (κ3) is 2.63. The molecule has 2 heterocycles. The van der Waals surface area contributed by atoms with Crippen LogP contribution >= 0.6 is 0 Å². The fourth-order valence-electron chi connectivity index (χ4n) is 3.88. The second kappa shape index (κ2) is 6.73. The number of aromatic amines is 1. The van der Waals surface area contributed by atoms with Crippen LogP contribution in [0.2, 0.25) is 0 Å². The lowest BCUT2D eigenvalue weighted by Crippen LogP contribution is -2.29. The van der Waals surface area contributed by atoms with Crippen molar-refractivity contribution in [3.8, 4) is 6.07 Å². The van der Waals surface area contributed by atoms with Crippen LogP contribution in [0.15, 0.2) is 24.3 Å². The van der Waals surface area contributed by atoms with Crippen molar-refractivity contribution in [2.45, 2.75) is 32.6 Å². The number of para-hydroxylation sites is 2. The minimum Gasteiger partial charge on any atom is -0.382 e. The molecule has 1 aliphatic carbocycles. The highest BCUT2D eigenvalue weighted by atomic mass is 16.5. The SMILES string of the molecule is CCOCCCNc1c2c(c(C#N)c3[nH]c4ccccc4[n+]13)CCC2. The number of nitrogens with zero attached hydrogens (tertiary/aromatic N) is 2. The van der Waals surface area contributed by atoms with E-state index < -0.39 is 0 Å². The number of hydrogen-bond acceptors (Lipinski definition) is 3. The predicted octanol–water partition coefficient (Wildman–Crippen LogP) is 3.11. The third-order valence-electron chi connectivity index (χ3n) is 4.96. The molecule has 0 bridgehead atoms. The van der Waals surface area contributed by atoms with Gasteiger partial charge in [0.25, 0.3) is 0 Å². The molecule has 0 saturated carbocycles. The molecule has 1 aromatic carbocycles. The van der Waals surface area contributed by atoms with Gasteiger partial charge in [0, 0.05) is 25.2 Å². The molecule has 5 heteroatoms. The summed E-state index contributed by atoms with van der Waals surface area (Å²) in [5, 5.41) is 13.4. The van der Waals surface area contributed by atoms with E-state index in [1.54, 1.807) is 0 Å². The molecule has 0 saturated heterocycles. The molecule has 0 radical (unpaired) electrons. The summed E-state index contributed by atoms with van der Waals surface area (Å²) in [6.07, 6.45) is 4.09. The van der Waals surface area contributed by atoms with Crippen molar-refractivity contribution in [1.82, 2.24) is 4.98 Å². The summed E-state index contributed by atoms with van der Waals surface area (Å²) < 4.78 is 7.64. The number of imidazole rings is 1. The molecule has 2 N–H and O–H groups in total. The van der Waals surface area contributed by atoms with E-state index in [4.69, 9.17) is 4.74 Å². The van der Waals surface area contributed by atoms with E-state index in [1.165, 1.54) is 11.1 Å². The Labute approximate surface area is 147 Å². The van der Waals surface area contributed by atoms with E-state index in [2.05, 4.69) is 32.9 Å². The van der Waals surface area contributed by atoms with E-state index in [0.29, 0.717) is 0 Å². The van der Waals surface area contributed by atoms with Crippen LogP contribution in [0, 0.1) is 11.3 Å². The van der Waals surface area contributed by atoms with E-state index in [0.717, 1.165) is 73.5 Å². The number of nitrogens with one attached hydrogen (secondary N) is 2. The molecule has 25 heavy (non-hydrogen) atoms. The van der Waals surface area contributed by atoms with Crippen LogP contribution in [0.4, 0.5) is 5.82 Å². The molecule has 1 aliphatic rings. The first-order valence-electron chi connectivity index (χ1n) is 9.07. The highest BCUT2D eigenvalue weighted by Crippen LogP contribution is 2.32. The van der Waals surface area contributed by atoms with Crippen molar-refractivity contribution in [3.63, 3.8) is 0 Å². The van der Waals surface area contributed by atoms with Gasteiger partial charge in [0.05, 0.1) is 6.54 Å². The van der Waals surface area contributed by atoms with Gasteiger partial charge >= 0.3 is 0 Å². The largest absolute Gasteiger partial charge is 0.382 e. The summed E-state index contributed by atoms with van der Waals surface area (Å²) in [5.41, 5.74) is 6.37. The van der Waals surface area contributed by atoms with Crippen molar-refractivity contribution < 1.29 is 9.14 Å². The quantitative estimate of drug-likeness (QED) is 0.537. The standard InChI is InChI=1S/C20H22N4O/c1-2-25-12-6-11-22-19-15-8-5-7-14(15)16(13-21)20-23-17-9-3-4-10-18(17)24(19)20/h3-4,9-10H,2,5-8,11-12H2,1H3,(H,22,23)/p+1. The average Bonchev–Trinajstić information content (AvgIpc) is 3.25. The van der Waals surface area contributed by atoms with Crippen LogP contribution in [0.5, 0.6) is 0 Å². The average molecular weight is 335 g/mol. The summed E-state index contributed by atoms with van der Waals surface area (Å²) in [7, 11) is 0. The molecule has 0 amide bonds. The van der Waals surface area contributed by atoms with Crippen LogP contribution in [0.3, 0.4) is 0 Å². The number of nitriles is 1. The van der Waals surface area contributed by atoms with Gasteiger partial charge in [-0.25, -0.2) is 0 Å². The monoisotopic (exact) mass is 335 g/mol. The maximum absolute atomic E-state index is 9.77. The number of fused-ring (bicyclic) bond motifs is 4. The molecule has 4 rings (SSSR count). The third-order valence-corrected chi connectivity index (χ3v) is 4.96. The zero-order valence-electron chi connectivity index (χ0n) is 14.6. The van der Waals surface area contributed by atoms with Gasteiger partial charge in [-0.15, -0.1) is 0 Å². The molecule has 5 nitrogen and oxygen atoms in total. The smallest absolute Gasteiger partial charge is 0.250 e. The first-order chi connectivity index (χ1) is 12.3. The van der Waals surface area contributed by atoms with E-state index in [9.17, 15) is 5.26 Å². The second-order valence-corrected chi connectivity index (χ2v) is 6.45. The van der Waals surface area contributed by atoms with Gasteiger partial charge in [0.1, 0.15) is 22.7 Å². The van der Waals surface area contributed by atoms with Gasteiger partial charge in [0.2, 0.25) is 11.5 Å². The highest BCUT2D eigenvalue weighted by Gasteiger charge is 2.29. The summed E-state index contributed by atoms with van der Waals surface area (Å²) in [6, 6.07) is 10.7. The Morgan fingerprint density at radius 1 is 1.28 bits per heavy atom. The first kappa shape index (κ1) is 15.9. The molecule has 3 aromatic rings. The van der Waals surface area contributed by atoms with Crippen LogP contribution < -0.4 is 9.72 Å². The number of aromatic nitrogens is 2. The molecule has 0 spiro atoms. The Balaban J connectivity index is 1.86. The molecule has 0 atom stereocenters. The molecule has 128 valence electrons. The van der Waals surface area contributed by atoms with Crippen molar-refractivity contribution in [1.29, 1.82) is 5.26 Å². The summed E-state index contributed by atoms with van der Waals surface area (Å²) in [6.45, 7) is 4.41. The van der Waals surface area contributed by atoms with Gasteiger partial charge in [-0.3, -0.25) is 4.98 Å². The Bertz CT molecular complexity index is 967. The minimum atomic E-state index is 0.758. The van der Waals surface area contributed by atoms with Gasteiger partial charge in [-0.1, -0.05) is 12.1 Å². The van der Waals surface area contributed by atoms with E-state index >= 15 is 0 Å². The number of pyridine rings is 1. The van der Waals surface area contributed by atoms with Gasteiger partial charge < -0.3 is 10.1 Å². The number of ether oxygens (including phenoxy) is 1. The Hall–Kier alpha value is -2.58. The van der Waals surface area contributed by atoms with Crippen molar-refractivity contribution in [3.05, 3.63) is 41.0 Å². The van der Waals surface area contributed by atoms with Crippen LogP contribution in [0.25, 0.3) is 16.7 Å². The number of rotatable bonds is 6. The Kier molecular flexibility index (Phi) is 4.29. The summed E-state index contributed by atoms with van der Waals surface area (Å²) >= 11 is 0. The van der Waals surface area contributed by atoms with Gasteiger partial charge in [-0.05, 0) is 43.9 Å². The fraction of sp³-hybridized carbons (Fsp3) is 0.400. The Morgan fingerprint density at radius 2 is 2.12 bits per heavy atom. The van der Waals surface area contributed by atoms with Crippen LogP contribution in [-0.2, 0) is 17.6 Å². The molecule has 0 unspecified atom stereocenters. The number of anilines is 1. The normalized spacial score (nSPS) is 13.3. The second-order valence-electron chi connectivity index (χ2n) is 6.45. The highest BCUT2D eigenvalue weighted by molar-refractivity contribution is 5.78. The van der Waals surface area contributed by atoms with Crippen LogP contribution in [0.1, 0.15) is 36.5 Å². The lowest BCUT2D eigenvalue weighted by Gasteiger charge is -2.10.